The maximum Gasteiger partial charge on any atom is 0.0862 e. The quantitative estimate of drug-likeness (QED) is 0.664. The number of rotatable bonds is 1. The number of nitrogens with zero attached hydrogens (tertiary/aromatic N) is 3. The number of aryl methyl sites for hydroxylation is 1. The third kappa shape index (κ3) is 1.30. The average molecular weight is 175 g/mol. The molecule has 13 heavy (non-hydrogen) atoms. The molecule has 2 rings (SSSR count). The topological polar surface area (TPSA) is 30.7 Å². The van der Waals surface area contributed by atoms with Gasteiger partial charge in [0.15, 0.2) is 0 Å². The number of pyridine rings is 1. The van der Waals surface area contributed by atoms with E-state index in [1.807, 2.05) is 24.1 Å². The summed E-state index contributed by atoms with van der Waals surface area (Å²) in [5.41, 5.74) is 2.21. The Labute approximate surface area is 77.4 Å². The maximum atomic E-state index is 4.38. The van der Waals surface area contributed by atoms with E-state index in [0.717, 1.165) is 11.2 Å². The first-order valence-electron chi connectivity index (χ1n) is 4.46. The molecule has 0 aliphatic heterocycles. The van der Waals surface area contributed by atoms with Crippen LogP contribution in [0, 0.1) is 0 Å². The summed E-state index contributed by atoms with van der Waals surface area (Å²) in [5, 5.41) is 5.34. The lowest BCUT2D eigenvalue weighted by molar-refractivity contribution is 0.791. The van der Waals surface area contributed by atoms with Gasteiger partial charge in [0.25, 0.3) is 0 Å². The molecular formula is C10H13N3. The Morgan fingerprint density at radius 3 is 2.77 bits per heavy atom. The summed E-state index contributed by atoms with van der Waals surface area (Å²) in [7, 11) is 1.93. The standard InChI is InChI=1S/C10H13N3/c1-7(2)9-4-8-5-12-13(3)10(8)6-11-9/h4-7H,1-3H3. The van der Waals surface area contributed by atoms with E-state index in [4.69, 9.17) is 0 Å². The van der Waals surface area contributed by atoms with Crippen LogP contribution in [0.3, 0.4) is 0 Å². The second-order valence-corrected chi connectivity index (χ2v) is 3.59. The minimum Gasteiger partial charge on any atom is -0.266 e. The number of hydrogen-bond acceptors (Lipinski definition) is 2. The lowest BCUT2D eigenvalue weighted by Crippen LogP contribution is -1.93. The normalized spacial score (nSPS) is 11.4. The van der Waals surface area contributed by atoms with Crippen molar-refractivity contribution in [3.05, 3.63) is 24.2 Å². The fourth-order valence-corrected chi connectivity index (χ4v) is 1.38. The summed E-state index contributed by atoms with van der Waals surface area (Å²) in [6.07, 6.45) is 3.76. The molecule has 0 radical (unpaired) electrons. The van der Waals surface area contributed by atoms with Crippen molar-refractivity contribution in [2.75, 3.05) is 0 Å². The molecule has 68 valence electrons. The Morgan fingerprint density at radius 2 is 2.08 bits per heavy atom. The van der Waals surface area contributed by atoms with E-state index in [1.54, 1.807) is 0 Å². The van der Waals surface area contributed by atoms with Crippen molar-refractivity contribution >= 4 is 10.9 Å². The van der Waals surface area contributed by atoms with Crippen molar-refractivity contribution in [2.45, 2.75) is 19.8 Å². The molecule has 0 atom stereocenters. The molecule has 0 aliphatic rings. The third-order valence-corrected chi connectivity index (χ3v) is 2.25. The third-order valence-electron chi connectivity index (χ3n) is 2.25. The molecule has 0 saturated carbocycles. The molecule has 0 bridgehead atoms. The zero-order chi connectivity index (χ0) is 9.42. The molecule has 3 heteroatoms. The van der Waals surface area contributed by atoms with E-state index in [1.165, 1.54) is 5.39 Å². The average Bonchev–Trinajstić information content (AvgIpc) is 2.47. The fraction of sp³-hybridized carbons (Fsp3) is 0.400. The molecule has 0 N–H and O–H groups in total. The van der Waals surface area contributed by atoms with Gasteiger partial charge in [0.1, 0.15) is 0 Å². The highest BCUT2D eigenvalue weighted by molar-refractivity contribution is 5.77. The van der Waals surface area contributed by atoms with Gasteiger partial charge in [-0.1, -0.05) is 13.8 Å². The van der Waals surface area contributed by atoms with Crippen LogP contribution in [-0.4, -0.2) is 14.8 Å². The highest BCUT2D eigenvalue weighted by atomic mass is 15.2. The molecule has 2 aromatic rings. The molecule has 0 spiro atoms. The summed E-state index contributed by atoms with van der Waals surface area (Å²) >= 11 is 0. The van der Waals surface area contributed by atoms with Crippen LogP contribution in [-0.2, 0) is 7.05 Å². The summed E-state index contributed by atoms with van der Waals surface area (Å²) in [5.74, 6) is 0.476. The lowest BCUT2D eigenvalue weighted by Gasteiger charge is -2.03. The largest absolute Gasteiger partial charge is 0.266 e. The maximum absolute atomic E-state index is 4.38. The molecule has 0 saturated heterocycles. The van der Waals surface area contributed by atoms with Gasteiger partial charge in [0.05, 0.1) is 17.9 Å². The van der Waals surface area contributed by atoms with Gasteiger partial charge in [-0.05, 0) is 12.0 Å². The van der Waals surface area contributed by atoms with Gasteiger partial charge in [-0.2, -0.15) is 5.10 Å². The molecule has 0 aromatic carbocycles. The zero-order valence-corrected chi connectivity index (χ0v) is 8.15. The van der Waals surface area contributed by atoms with E-state index < -0.39 is 0 Å². The minimum absolute atomic E-state index is 0.476. The van der Waals surface area contributed by atoms with Gasteiger partial charge in [0.2, 0.25) is 0 Å². The van der Waals surface area contributed by atoms with Crippen LogP contribution in [0.4, 0.5) is 0 Å². The molecule has 3 nitrogen and oxygen atoms in total. The van der Waals surface area contributed by atoms with Crippen LogP contribution in [0.5, 0.6) is 0 Å². The first kappa shape index (κ1) is 8.23. The van der Waals surface area contributed by atoms with Crippen molar-refractivity contribution in [1.29, 1.82) is 0 Å². The Morgan fingerprint density at radius 1 is 1.31 bits per heavy atom. The predicted octanol–water partition coefficient (Wildman–Crippen LogP) is 2.09. The number of hydrogen-bond donors (Lipinski definition) is 0. The van der Waals surface area contributed by atoms with Crippen molar-refractivity contribution in [3.8, 4) is 0 Å². The summed E-state index contributed by atoms with van der Waals surface area (Å²) < 4.78 is 1.84. The first-order valence-corrected chi connectivity index (χ1v) is 4.46. The molecule has 0 aliphatic carbocycles. The second-order valence-electron chi connectivity index (χ2n) is 3.59. The number of aromatic nitrogens is 3. The smallest absolute Gasteiger partial charge is 0.0862 e. The second kappa shape index (κ2) is 2.83. The minimum atomic E-state index is 0.476. The van der Waals surface area contributed by atoms with Crippen LogP contribution in [0.2, 0.25) is 0 Å². The van der Waals surface area contributed by atoms with E-state index >= 15 is 0 Å². The Hall–Kier alpha value is -1.38. The Bertz CT molecular complexity index is 429. The fourth-order valence-electron chi connectivity index (χ4n) is 1.38. The lowest BCUT2D eigenvalue weighted by atomic mass is 10.1. The zero-order valence-electron chi connectivity index (χ0n) is 8.15. The summed E-state index contributed by atoms with van der Waals surface area (Å²) in [6.45, 7) is 4.29. The highest BCUT2D eigenvalue weighted by Crippen LogP contribution is 2.17. The Balaban J connectivity index is 2.63. The van der Waals surface area contributed by atoms with Gasteiger partial charge < -0.3 is 0 Å². The van der Waals surface area contributed by atoms with Gasteiger partial charge in [-0.3, -0.25) is 9.67 Å². The highest BCUT2D eigenvalue weighted by Gasteiger charge is 2.04. The summed E-state index contributed by atoms with van der Waals surface area (Å²) in [4.78, 5) is 4.38. The van der Waals surface area contributed by atoms with Crippen LogP contribution >= 0.6 is 0 Å². The van der Waals surface area contributed by atoms with E-state index in [9.17, 15) is 0 Å². The van der Waals surface area contributed by atoms with Crippen molar-refractivity contribution < 1.29 is 0 Å². The van der Waals surface area contributed by atoms with E-state index in [0.29, 0.717) is 5.92 Å². The van der Waals surface area contributed by atoms with Gasteiger partial charge >= 0.3 is 0 Å². The summed E-state index contributed by atoms with van der Waals surface area (Å²) in [6, 6.07) is 2.10. The van der Waals surface area contributed by atoms with Crippen LogP contribution in [0.1, 0.15) is 25.5 Å². The molecule has 0 unspecified atom stereocenters. The first-order chi connectivity index (χ1) is 6.18. The SMILES string of the molecule is CC(C)c1cc2cnn(C)c2cn1. The van der Waals surface area contributed by atoms with E-state index in [-0.39, 0.29) is 0 Å². The monoisotopic (exact) mass is 175 g/mol. The number of fused-ring (bicyclic) bond motifs is 1. The van der Waals surface area contributed by atoms with Gasteiger partial charge in [-0.25, -0.2) is 0 Å². The van der Waals surface area contributed by atoms with Gasteiger partial charge in [-0.15, -0.1) is 0 Å². The van der Waals surface area contributed by atoms with Crippen LogP contribution < -0.4 is 0 Å². The molecular weight excluding hydrogens is 162 g/mol. The van der Waals surface area contributed by atoms with Crippen LogP contribution in [0.25, 0.3) is 10.9 Å². The van der Waals surface area contributed by atoms with Crippen LogP contribution in [0.15, 0.2) is 18.5 Å². The Kier molecular flexibility index (Phi) is 1.79. The van der Waals surface area contributed by atoms with Crippen molar-refractivity contribution in [2.24, 2.45) is 7.05 Å². The van der Waals surface area contributed by atoms with E-state index in [2.05, 4.69) is 30.0 Å². The van der Waals surface area contributed by atoms with Gasteiger partial charge in [0, 0.05) is 18.1 Å². The molecule has 0 fully saturated rings. The van der Waals surface area contributed by atoms with Crippen molar-refractivity contribution in [3.63, 3.8) is 0 Å². The molecule has 0 amide bonds. The predicted molar refractivity (Wildman–Crippen MR) is 52.6 cm³/mol. The van der Waals surface area contributed by atoms with Crippen molar-refractivity contribution in [1.82, 2.24) is 14.8 Å². The molecule has 2 aromatic heterocycles. The molecule has 2 heterocycles.